The molecule has 29 heavy (non-hydrogen) atoms. The number of anilines is 1. The minimum absolute atomic E-state index is 0.139. The summed E-state index contributed by atoms with van der Waals surface area (Å²) in [5.41, 5.74) is 3.28. The quantitative estimate of drug-likeness (QED) is 0.713. The first-order valence-electron chi connectivity index (χ1n) is 10.2. The van der Waals surface area contributed by atoms with Crippen LogP contribution in [0.5, 0.6) is 0 Å². The lowest BCUT2D eigenvalue weighted by Gasteiger charge is -2.25. The number of benzene rings is 2. The van der Waals surface area contributed by atoms with Crippen LogP contribution in [0.2, 0.25) is 0 Å². The maximum atomic E-state index is 13.5. The fourth-order valence-corrected chi connectivity index (χ4v) is 3.78. The molecule has 1 N–H and O–H groups in total. The van der Waals surface area contributed by atoms with Gasteiger partial charge >= 0.3 is 0 Å². The number of imide groups is 1. The molecule has 152 valence electrons. The molecule has 1 heterocycles. The Balaban J connectivity index is 2.17. The lowest BCUT2D eigenvalue weighted by Crippen LogP contribution is -2.32. The number of rotatable bonds is 6. The number of carbonyl (C=O) groups excluding carboxylic acids is 3. The summed E-state index contributed by atoms with van der Waals surface area (Å²) in [4.78, 5) is 40.7. The first-order chi connectivity index (χ1) is 13.8. The predicted octanol–water partition coefficient (Wildman–Crippen LogP) is 4.87. The van der Waals surface area contributed by atoms with Gasteiger partial charge in [-0.25, -0.2) is 4.90 Å². The summed E-state index contributed by atoms with van der Waals surface area (Å²) < 4.78 is 0. The van der Waals surface area contributed by atoms with Crippen molar-refractivity contribution in [3.05, 3.63) is 64.2 Å². The molecule has 3 amide bonds. The van der Waals surface area contributed by atoms with Gasteiger partial charge in [-0.15, -0.1) is 0 Å². The summed E-state index contributed by atoms with van der Waals surface area (Å²) in [6.45, 7) is 10.7. The van der Waals surface area contributed by atoms with Crippen LogP contribution in [0.15, 0.2) is 36.4 Å². The molecule has 5 nitrogen and oxygen atoms in total. The maximum absolute atomic E-state index is 13.5. The van der Waals surface area contributed by atoms with E-state index in [0.717, 1.165) is 17.5 Å². The predicted molar refractivity (Wildman–Crippen MR) is 115 cm³/mol. The third-order valence-electron chi connectivity index (χ3n) is 5.26. The van der Waals surface area contributed by atoms with Gasteiger partial charge in [0.2, 0.25) is 0 Å². The third kappa shape index (κ3) is 3.57. The molecule has 0 unspecified atom stereocenters. The lowest BCUT2D eigenvalue weighted by atomic mass is 9.92. The van der Waals surface area contributed by atoms with Crippen LogP contribution >= 0.6 is 0 Å². The van der Waals surface area contributed by atoms with Gasteiger partial charge in [0.25, 0.3) is 17.7 Å². The molecule has 2 aromatic rings. The van der Waals surface area contributed by atoms with Crippen molar-refractivity contribution in [2.75, 3.05) is 11.4 Å². The van der Waals surface area contributed by atoms with E-state index in [1.165, 1.54) is 4.90 Å². The Morgan fingerprint density at radius 3 is 2.07 bits per heavy atom. The van der Waals surface area contributed by atoms with Gasteiger partial charge in [0.1, 0.15) is 0 Å². The number of fused-ring (bicyclic) bond motifs is 1. The molecule has 0 saturated carbocycles. The van der Waals surface area contributed by atoms with Crippen LogP contribution in [-0.4, -0.2) is 24.3 Å². The fraction of sp³-hybridized carbons (Fsp3) is 0.375. The molecule has 0 fully saturated rings. The van der Waals surface area contributed by atoms with Crippen LogP contribution in [0.4, 0.5) is 5.69 Å². The van der Waals surface area contributed by atoms with E-state index >= 15 is 0 Å². The largest absolute Gasteiger partial charge is 0.352 e. The van der Waals surface area contributed by atoms with E-state index in [-0.39, 0.29) is 40.3 Å². The Hall–Kier alpha value is -2.95. The molecule has 5 heteroatoms. The molecular formula is C24H28N2O3. The van der Waals surface area contributed by atoms with E-state index in [4.69, 9.17) is 0 Å². The molecule has 3 rings (SSSR count). The molecule has 0 radical (unpaired) electrons. The highest BCUT2D eigenvalue weighted by molar-refractivity contribution is 6.36. The Kier molecular flexibility index (Phi) is 5.87. The minimum atomic E-state index is -0.428. The summed E-state index contributed by atoms with van der Waals surface area (Å²) in [5.74, 6) is -0.846. The summed E-state index contributed by atoms with van der Waals surface area (Å²) in [5, 5.41) is 2.81. The van der Waals surface area contributed by atoms with Crippen LogP contribution in [-0.2, 0) is 0 Å². The van der Waals surface area contributed by atoms with E-state index in [9.17, 15) is 14.4 Å². The highest BCUT2D eigenvalue weighted by Crippen LogP contribution is 2.40. The number of para-hydroxylation sites is 1. The normalized spacial score (nSPS) is 13.4. The fourth-order valence-electron chi connectivity index (χ4n) is 3.78. The zero-order valence-electron chi connectivity index (χ0n) is 17.7. The van der Waals surface area contributed by atoms with Crippen LogP contribution in [0, 0.1) is 0 Å². The first-order valence-corrected chi connectivity index (χ1v) is 10.2. The van der Waals surface area contributed by atoms with Crippen molar-refractivity contribution in [1.29, 1.82) is 0 Å². The number of nitrogens with zero attached hydrogens (tertiary/aromatic N) is 1. The molecular weight excluding hydrogens is 364 g/mol. The van der Waals surface area contributed by atoms with Gasteiger partial charge in [-0.05, 0) is 41.5 Å². The summed E-state index contributed by atoms with van der Waals surface area (Å²) >= 11 is 0. The Morgan fingerprint density at radius 1 is 0.931 bits per heavy atom. The van der Waals surface area contributed by atoms with Crippen molar-refractivity contribution < 1.29 is 14.4 Å². The third-order valence-corrected chi connectivity index (χ3v) is 5.26. The first kappa shape index (κ1) is 20.8. The van der Waals surface area contributed by atoms with Crippen LogP contribution in [0.3, 0.4) is 0 Å². The second-order valence-electron chi connectivity index (χ2n) is 8.02. The van der Waals surface area contributed by atoms with Crippen molar-refractivity contribution >= 4 is 23.4 Å². The lowest BCUT2D eigenvalue weighted by molar-refractivity contribution is 0.0910. The number of hydrogen-bond acceptors (Lipinski definition) is 3. The van der Waals surface area contributed by atoms with E-state index in [1.54, 1.807) is 18.2 Å². The standard InChI is InChI=1S/C24H28N2O3/c1-6-13-25-22(27)18-11-8-12-19-20(18)24(29)26(23(19)28)21-16(14(2)3)9-7-10-17(21)15(4)5/h7-12,14-15H,6,13H2,1-5H3,(H,25,27). The smallest absolute Gasteiger partial charge is 0.266 e. The van der Waals surface area contributed by atoms with Crippen molar-refractivity contribution in [2.45, 2.75) is 52.9 Å². The molecule has 0 saturated heterocycles. The van der Waals surface area contributed by atoms with Gasteiger partial charge in [-0.3, -0.25) is 14.4 Å². The Morgan fingerprint density at radius 2 is 1.52 bits per heavy atom. The van der Waals surface area contributed by atoms with Crippen molar-refractivity contribution in [3.63, 3.8) is 0 Å². The molecule has 0 spiro atoms. The van der Waals surface area contributed by atoms with Crippen LogP contribution in [0.25, 0.3) is 0 Å². The average molecular weight is 392 g/mol. The van der Waals surface area contributed by atoms with Gasteiger partial charge in [0.05, 0.1) is 22.4 Å². The van der Waals surface area contributed by atoms with Crippen molar-refractivity contribution in [3.8, 4) is 0 Å². The summed E-state index contributed by atoms with van der Waals surface area (Å²) in [6.07, 6.45) is 0.791. The topological polar surface area (TPSA) is 66.5 Å². The van der Waals surface area contributed by atoms with E-state index < -0.39 is 5.91 Å². The Bertz CT molecular complexity index is 950. The monoisotopic (exact) mass is 392 g/mol. The number of amides is 3. The van der Waals surface area contributed by atoms with Gasteiger partial charge < -0.3 is 5.32 Å². The Labute approximate surface area is 172 Å². The van der Waals surface area contributed by atoms with Gasteiger partial charge in [0.15, 0.2) is 0 Å². The summed E-state index contributed by atoms with van der Waals surface area (Å²) in [7, 11) is 0. The van der Waals surface area contributed by atoms with Gasteiger partial charge in [0, 0.05) is 6.54 Å². The second-order valence-corrected chi connectivity index (χ2v) is 8.02. The zero-order valence-corrected chi connectivity index (χ0v) is 17.7. The number of nitrogens with one attached hydrogen (secondary N) is 1. The van der Waals surface area contributed by atoms with E-state index in [1.807, 2.05) is 52.8 Å². The van der Waals surface area contributed by atoms with Crippen molar-refractivity contribution in [1.82, 2.24) is 5.32 Å². The molecule has 1 aliphatic rings. The van der Waals surface area contributed by atoms with Crippen molar-refractivity contribution in [2.24, 2.45) is 0 Å². The van der Waals surface area contributed by atoms with Gasteiger partial charge in [-0.1, -0.05) is 58.9 Å². The van der Waals surface area contributed by atoms with Gasteiger partial charge in [-0.2, -0.15) is 0 Å². The average Bonchev–Trinajstić information content (AvgIpc) is 2.95. The molecule has 0 atom stereocenters. The SMILES string of the molecule is CCCNC(=O)c1cccc2c1C(=O)N(c1c(C(C)C)cccc1C(C)C)C2=O. The second kappa shape index (κ2) is 8.19. The highest BCUT2D eigenvalue weighted by Gasteiger charge is 2.41. The number of carbonyl (C=O) groups is 3. The van der Waals surface area contributed by atoms with E-state index in [0.29, 0.717) is 12.2 Å². The molecule has 1 aliphatic heterocycles. The van der Waals surface area contributed by atoms with Crippen LogP contribution in [0.1, 0.15) is 95.1 Å². The highest BCUT2D eigenvalue weighted by atomic mass is 16.2. The molecule has 0 aliphatic carbocycles. The summed E-state index contributed by atoms with van der Waals surface area (Å²) in [6, 6.07) is 10.8. The molecule has 0 aromatic heterocycles. The maximum Gasteiger partial charge on any atom is 0.266 e. The zero-order chi connectivity index (χ0) is 21.3. The number of hydrogen-bond donors (Lipinski definition) is 1. The van der Waals surface area contributed by atoms with E-state index in [2.05, 4.69) is 5.32 Å². The van der Waals surface area contributed by atoms with Crippen LogP contribution < -0.4 is 10.2 Å². The molecule has 0 bridgehead atoms. The minimum Gasteiger partial charge on any atom is -0.352 e. The molecule has 2 aromatic carbocycles.